The zero-order valence-corrected chi connectivity index (χ0v) is 30.1. The summed E-state index contributed by atoms with van der Waals surface area (Å²) < 4.78 is 21.1. The minimum absolute atomic E-state index is 0.0709. The van der Waals surface area contributed by atoms with Crippen LogP contribution in [0.25, 0.3) is 0 Å². The topological polar surface area (TPSA) is 66.8 Å². The van der Waals surface area contributed by atoms with Crippen molar-refractivity contribution in [3.05, 3.63) is 41.2 Å². The second-order valence-electron chi connectivity index (χ2n) is 15.0. The average Bonchev–Trinajstić information content (AvgIpc) is 3.39. The zero-order chi connectivity index (χ0) is 32.3. The van der Waals surface area contributed by atoms with Crippen molar-refractivity contribution in [2.45, 2.75) is 144 Å². The average molecular weight is 679 g/mol. The Bertz CT molecular complexity index is 1220. The van der Waals surface area contributed by atoms with Gasteiger partial charge in [-0.3, -0.25) is 4.79 Å². The van der Waals surface area contributed by atoms with Crippen molar-refractivity contribution in [3.8, 4) is 5.75 Å². The third kappa shape index (κ3) is 7.81. The van der Waals surface area contributed by atoms with Crippen molar-refractivity contribution in [2.75, 3.05) is 18.1 Å². The Morgan fingerprint density at radius 3 is 2.64 bits per heavy atom. The number of thioether (sulfide) groups is 2. The van der Waals surface area contributed by atoms with Crippen molar-refractivity contribution in [1.29, 1.82) is 0 Å². The maximum atomic E-state index is 14.3. The summed E-state index contributed by atoms with van der Waals surface area (Å²) in [6, 6.07) is 4.60. The number of halogens is 1. The molecule has 4 bridgehead atoms. The number of aliphatic hydroxyl groups excluding tert-OH is 1. The number of ether oxygens (including phenoxy) is 1. The van der Waals surface area contributed by atoms with E-state index in [2.05, 4.69) is 6.08 Å². The number of carbonyl (C=O) groups excluding carboxylic acids is 1. The molecule has 2 N–H and O–H groups in total. The molecule has 1 aromatic carbocycles. The number of carbonyl (C=O) groups is 1. The van der Waals surface area contributed by atoms with E-state index in [9.17, 15) is 19.4 Å². The predicted molar refractivity (Wildman–Crippen MR) is 190 cm³/mol. The van der Waals surface area contributed by atoms with Gasteiger partial charge in [0, 0.05) is 21.3 Å². The highest BCUT2D eigenvalue weighted by Crippen LogP contribution is 2.60. The minimum atomic E-state index is -0.621. The van der Waals surface area contributed by atoms with Gasteiger partial charge in [-0.15, -0.1) is 11.8 Å². The molecule has 4 aliphatic rings. The second-order valence-corrected chi connectivity index (χ2v) is 18.8. The van der Waals surface area contributed by atoms with Crippen LogP contribution in [0, 0.1) is 17.2 Å². The molecular formula is C37H55FO4S3. The van der Waals surface area contributed by atoms with E-state index in [0.29, 0.717) is 11.0 Å². The number of allylic oxidation sites excluding steroid dienone is 1. The third-order valence-electron chi connectivity index (χ3n) is 11.7. The maximum absolute atomic E-state index is 14.3. The molecule has 8 heteroatoms. The van der Waals surface area contributed by atoms with Crippen LogP contribution in [-0.2, 0) is 9.53 Å². The lowest BCUT2D eigenvalue weighted by Crippen LogP contribution is -2.56. The van der Waals surface area contributed by atoms with Gasteiger partial charge >= 0.3 is 0 Å². The molecule has 3 fully saturated rings. The van der Waals surface area contributed by atoms with E-state index >= 15 is 0 Å². The summed E-state index contributed by atoms with van der Waals surface area (Å²) in [5.41, 5.74) is 1.23. The van der Waals surface area contributed by atoms with Crippen molar-refractivity contribution in [2.24, 2.45) is 11.3 Å². The smallest absolute Gasteiger partial charge is 0.165 e. The summed E-state index contributed by atoms with van der Waals surface area (Å²) in [4.78, 5) is 12.6. The van der Waals surface area contributed by atoms with Gasteiger partial charge in [-0.05, 0) is 121 Å². The molecule has 6 atom stereocenters. The number of benzene rings is 1. The summed E-state index contributed by atoms with van der Waals surface area (Å²) in [6.07, 6.45) is 18.7. The van der Waals surface area contributed by atoms with Crippen molar-refractivity contribution in [1.82, 2.24) is 0 Å². The van der Waals surface area contributed by atoms with E-state index in [4.69, 9.17) is 17.4 Å². The number of unbranched alkanes of at least 4 members (excludes halogenated alkanes) is 3. The standard InChI is InChI=1S/C37H55FO4S3/c1-26(40)37-16-8-11-29(43)23-36(45-37,18-19-37)15-6-4-5-7-20-44-21-9-10-27-14-17-35(25-39)24-30(27)33(42-34(35,2)3)28-12-13-32(41)31(38)22-28/h12-14,22,29-30,33,39,41,43H,4-11,15-21,23-25H2,1-3H3. The zero-order valence-electron chi connectivity index (χ0n) is 27.6. The van der Waals surface area contributed by atoms with Gasteiger partial charge in [0.1, 0.15) is 5.78 Å². The summed E-state index contributed by atoms with van der Waals surface area (Å²) in [6.45, 7) is 5.97. The molecule has 0 amide bonds. The van der Waals surface area contributed by atoms with Crippen LogP contribution in [0.1, 0.15) is 129 Å². The fraction of sp³-hybridized carbons (Fsp3) is 0.757. The van der Waals surface area contributed by atoms with Crippen LogP contribution in [0.5, 0.6) is 5.75 Å². The van der Waals surface area contributed by atoms with Crippen LogP contribution in [0.3, 0.4) is 0 Å². The summed E-state index contributed by atoms with van der Waals surface area (Å²) in [5, 5.41) is 20.7. The fourth-order valence-electron chi connectivity index (χ4n) is 8.65. The number of fused-ring (bicyclic) bond motifs is 4. The molecule has 3 heterocycles. The summed E-state index contributed by atoms with van der Waals surface area (Å²) in [5.74, 6) is 1.84. The number of hydrogen-bond acceptors (Lipinski definition) is 7. The Morgan fingerprint density at radius 1 is 1.11 bits per heavy atom. The lowest BCUT2D eigenvalue weighted by molar-refractivity contribution is -0.223. The van der Waals surface area contributed by atoms with Gasteiger partial charge in [0.05, 0.1) is 23.1 Å². The molecule has 3 aliphatic heterocycles. The Labute approximate surface area is 284 Å². The number of phenolic OH excluding ortho intramolecular Hbond substituents is 1. The first-order valence-electron chi connectivity index (χ1n) is 17.4. The highest BCUT2D eigenvalue weighted by Gasteiger charge is 2.56. The maximum Gasteiger partial charge on any atom is 0.165 e. The fourth-order valence-corrected chi connectivity index (χ4v) is 12.4. The largest absolute Gasteiger partial charge is 0.505 e. The van der Waals surface area contributed by atoms with Crippen LogP contribution < -0.4 is 0 Å². The molecule has 6 unspecified atom stereocenters. The number of aliphatic hydroxyl groups is 1. The van der Waals surface area contributed by atoms with Gasteiger partial charge in [-0.25, -0.2) is 4.39 Å². The molecular weight excluding hydrogens is 624 g/mol. The van der Waals surface area contributed by atoms with Crippen LogP contribution in [0.4, 0.5) is 4.39 Å². The lowest BCUT2D eigenvalue weighted by atomic mass is 9.58. The number of ketones is 1. The lowest BCUT2D eigenvalue weighted by Gasteiger charge is -2.57. The van der Waals surface area contributed by atoms with E-state index < -0.39 is 11.4 Å². The molecule has 3 saturated heterocycles. The Balaban J connectivity index is 1.04. The molecule has 45 heavy (non-hydrogen) atoms. The van der Waals surface area contributed by atoms with Gasteiger partial charge in [0.15, 0.2) is 11.6 Å². The van der Waals surface area contributed by atoms with Crippen LogP contribution in [-0.4, -0.2) is 54.5 Å². The van der Waals surface area contributed by atoms with E-state index in [1.54, 1.807) is 6.07 Å². The van der Waals surface area contributed by atoms with Crippen LogP contribution in [0.15, 0.2) is 29.8 Å². The highest BCUT2D eigenvalue weighted by atomic mass is 32.2. The molecule has 252 valence electrons. The van der Waals surface area contributed by atoms with Gasteiger partial charge in [-0.2, -0.15) is 24.4 Å². The molecule has 1 aliphatic carbocycles. The molecule has 1 aromatic rings. The first kappa shape index (κ1) is 35.6. The Morgan fingerprint density at radius 2 is 1.89 bits per heavy atom. The number of aromatic hydroxyl groups is 1. The first-order chi connectivity index (χ1) is 21.4. The summed E-state index contributed by atoms with van der Waals surface area (Å²) >= 11 is 8.99. The predicted octanol–water partition coefficient (Wildman–Crippen LogP) is 9.63. The number of rotatable bonds is 14. The summed E-state index contributed by atoms with van der Waals surface area (Å²) in [7, 11) is 0. The number of hydrogen-bond donors (Lipinski definition) is 3. The van der Waals surface area contributed by atoms with Crippen molar-refractivity contribution in [3.63, 3.8) is 0 Å². The molecule has 0 saturated carbocycles. The number of Topliss-reactive ketones (excluding diaryl/α,β-unsaturated/α-hetero) is 1. The first-order valence-corrected chi connectivity index (χ1v) is 19.9. The minimum Gasteiger partial charge on any atom is -0.505 e. The van der Waals surface area contributed by atoms with E-state index in [0.717, 1.165) is 69.1 Å². The van der Waals surface area contributed by atoms with Gasteiger partial charge in [0.25, 0.3) is 0 Å². The van der Waals surface area contributed by atoms with E-state index in [1.807, 2.05) is 44.3 Å². The van der Waals surface area contributed by atoms with Crippen molar-refractivity contribution < 1.29 is 24.1 Å². The molecule has 0 radical (unpaired) electrons. The number of thiol groups is 1. The van der Waals surface area contributed by atoms with Crippen LogP contribution in [0.2, 0.25) is 0 Å². The number of phenols is 1. The van der Waals surface area contributed by atoms with Gasteiger partial charge < -0.3 is 14.9 Å². The van der Waals surface area contributed by atoms with Gasteiger partial charge in [0.2, 0.25) is 0 Å². The highest BCUT2D eigenvalue weighted by molar-refractivity contribution is 8.03. The van der Waals surface area contributed by atoms with Crippen LogP contribution >= 0.6 is 36.2 Å². The van der Waals surface area contributed by atoms with Gasteiger partial charge in [-0.1, -0.05) is 43.4 Å². The second kappa shape index (κ2) is 14.8. The van der Waals surface area contributed by atoms with Crippen molar-refractivity contribution >= 4 is 41.9 Å². The normalized spacial score (nSPS) is 34.2. The third-order valence-corrected chi connectivity index (χ3v) is 15.4. The Kier molecular flexibility index (Phi) is 11.8. The molecule has 5 rings (SSSR count). The SMILES string of the molecule is CC(=O)C12CCCC(S)CC(CCCCCCSCCCC3=CCC4(CO)CC3C(c3ccc(O)c(F)c3)OC4(C)C)(CC1)S2. The molecule has 0 spiro atoms. The Hall–Kier alpha value is -0.670. The monoisotopic (exact) mass is 678 g/mol. The quantitative estimate of drug-likeness (QED) is 0.103. The molecule has 4 nitrogen and oxygen atoms in total. The van der Waals surface area contributed by atoms with E-state index in [1.165, 1.54) is 62.0 Å². The molecule has 0 aromatic heterocycles. The van der Waals surface area contributed by atoms with E-state index in [-0.39, 0.29) is 39.3 Å².